The van der Waals surface area contributed by atoms with Crippen LogP contribution >= 0.6 is 35.0 Å². The number of thioether (sulfide) groups is 1. The summed E-state index contributed by atoms with van der Waals surface area (Å²) in [5.41, 5.74) is 0.983. The zero-order valence-corrected chi connectivity index (χ0v) is 23.4. The maximum Gasteiger partial charge on any atom is 0.339 e. The van der Waals surface area contributed by atoms with E-state index in [-0.39, 0.29) is 28.6 Å². The topological polar surface area (TPSA) is 133 Å². The summed E-state index contributed by atoms with van der Waals surface area (Å²) in [6, 6.07) is 12.4. The highest BCUT2D eigenvalue weighted by Crippen LogP contribution is 2.37. The average Bonchev–Trinajstić information content (AvgIpc) is 3.14. The zero-order chi connectivity index (χ0) is 28.5. The van der Waals surface area contributed by atoms with Crippen LogP contribution < -0.4 is 8.92 Å². The molecule has 3 aromatic carbocycles. The van der Waals surface area contributed by atoms with Crippen LogP contribution in [0.25, 0.3) is 6.08 Å². The smallest absolute Gasteiger partial charge is 0.339 e. The van der Waals surface area contributed by atoms with Crippen LogP contribution in [0.15, 0.2) is 64.4 Å². The van der Waals surface area contributed by atoms with Crippen LogP contribution in [0, 0.1) is 17.0 Å². The fourth-order valence-corrected chi connectivity index (χ4v) is 5.68. The van der Waals surface area contributed by atoms with Crippen molar-refractivity contribution < 1.29 is 31.9 Å². The van der Waals surface area contributed by atoms with E-state index in [1.54, 1.807) is 18.2 Å². The fourth-order valence-electron chi connectivity index (χ4n) is 3.56. The molecular weight excluding hydrogens is 591 g/mol. The van der Waals surface area contributed by atoms with E-state index in [4.69, 9.17) is 32.1 Å². The molecule has 202 valence electrons. The minimum absolute atomic E-state index is 0.00399. The second-order valence-corrected chi connectivity index (χ2v) is 11.5. The van der Waals surface area contributed by atoms with Crippen LogP contribution in [0.2, 0.25) is 10.0 Å². The molecule has 39 heavy (non-hydrogen) atoms. The molecule has 0 N–H and O–H groups in total. The van der Waals surface area contributed by atoms with E-state index in [2.05, 4.69) is 0 Å². The van der Waals surface area contributed by atoms with E-state index >= 15 is 0 Å². The highest BCUT2D eigenvalue weighted by atomic mass is 35.5. The highest BCUT2D eigenvalue weighted by Gasteiger charge is 2.35. The Bertz CT molecular complexity index is 1660. The summed E-state index contributed by atoms with van der Waals surface area (Å²) < 4.78 is 36.1. The molecule has 3 aromatic rings. The fraction of sp³-hybridized carbons (Fsp3) is 0.120. The summed E-state index contributed by atoms with van der Waals surface area (Å²) in [5, 5.41) is 11.4. The Kier molecular flexibility index (Phi) is 8.21. The van der Waals surface area contributed by atoms with Crippen LogP contribution in [0.4, 0.5) is 10.5 Å². The minimum atomic E-state index is -4.44. The van der Waals surface area contributed by atoms with E-state index in [0.717, 1.165) is 22.7 Å². The van der Waals surface area contributed by atoms with Gasteiger partial charge in [-0.15, -0.1) is 0 Å². The molecule has 0 aromatic heterocycles. The molecule has 2 amide bonds. The summed E-state index contributed by atoms with van der Waals surface area (Å²) in [6.45, 7) is 1.49. The Hall–Kier alpha value is -3.58. The first-order valence-electron chi connectivity index (χ1n) is 11.0. The van der Waals surface area contributed by atoms with Gasteiger partial charge in [0.05, 0.1) is 33.5 Å². The number of nitro groups is 1. The first-order chi connectivity index (χ1) is 18.4. The molecule has 0 atom stereocenters. The van der Waals surface area contributed by atoms with Crippen molar-refractivity contribution in [1.29, 1.82) is 0 Å². The molecule has 1 heterocycles. The number of nitro benzene ring substituents is 1. The van der Waals surface area contributed by atoms with Gasteiger partial charge in [0.25, 0.3) is 16.8 Å². The Balaban J connectivity index is 1.56. The van der Waals surface area contributed by atoms with Gasteiger partial charge in [-0.05, 0) is 66.2 Å². The normalized spacial score (nSPS) is 14.7. The molecular formula is C25H18Cl2N2O8S2. The molecule has 0 spiro atoms. The largest absolute Gasteiger partial charge is 0.493 e. The van der Waals surface area contributed by atoms with Crippen molar-refractivity contribution in [2.45, 2.75) is 18.4 Å². The van der Waals surface area contributed by atoms with Crippen LogP contribution in [0.1, 0.15) is 16.7 Å². The van der Waals surface area contributed by atoms with Gasteiger partial charge >= 0.3 is 10.1 Å². The quantitative estimate of drug-likeness (QED) is 0.126. The third kappa shape index (κ3) is 6.19. The van der Waals surface area contributed by atoms with Crippen LogP contribution in [0.3, 0.4) is 0 Å². The van der Waals surface area contributed by atoms with Crippen LogP contribution in [-0.4, -0.2) is 36.5 Å². The van der Waals surface area contributed by atoms with Crippen LogP contribution in [0.5, 0.6) is 11.5 Å². The van der Waals surface area contributed by atoms with Crippen molar-refractivity contribution in [3.8, 4) is 11.5 Å². The summed E-state index contributed by atoms with van der Waals surface area (Å²) in [4.78, 5) is 36.8. The number of methoxy groups -OCH3 is 1. The lowest BCUT2D eigenvalue weighted by Crippen LogP contribution is -2.27. The Labute approximate surface area is 237 Å². The summed E-state index contributed by atoms with van der Waals surface area (Å²) in [5.74, 6) is -0.673. The predicted molar refractivity (Wildman–Crippen MR) is 147 cm³/mol. The summed E-state index contributed by atoms with van der Waals surface area (Å²) >= 11 is 12.7. The number of halogens is 2. The molecule has 10 nitrogen and oxygen atoms in total. The molecule has 4 rings (SSSR count). The van der Waals surface area contributed by atoms with Gasteiger partial charge < -0.3 is 8.92 Å². The lowest BCUT2D eigenvalue weighted by Gasteiger charge is -2.13. The third-order valence-electron chi connectivity index (χ3n) is 5.55. The first-order valence-corrected chi connectivity index (χ1v) is 13.9. The number of ether oxygens (including phenoxy) is 1. The van der Waals surface area contributed by atoms with Crippen molar-refractivity contribution in [2.24, 2.45) is 0 Å². The molecule has 1 aliphatic heterocycles. The number of hydrogen-bond donors (Lipinski definition) is 0. The van der Waals surface area contributed by atoms with E-state index in [0.29, 0.717) is 26.7 Å². The number of rotatable bonds is 8. The number of benzene rings is 3. The van der Waals surface area contributed by atoms with Crippen molar-refractivity contribution in [2.75, 3.05) is 7.11 Å². The standard InChI is InChI=1S/C25H18Cl2N2O8S2/c1-14-3-6-17(12-20(14)29(32)33)39(34,35)37-21-8-5-15(10-22(21)36-2)11-23-24(30)28(25(31)38-23)13-16-4-7-18(26)19(27)9-16/h3-12H,13H2,1-2H3/b23-11-. The van der Waals surface area contributed by atoms with Gasteiger partial charge in [-0.1, -0.05) is 41.4 Å². The molecule has 0 unspecified atom stereocenters. The molecule has 1 saturated heterocycles. The molecule has 0 bridgehead atoms. The monoisotopic (exact) mass is 608 g/mol. The molecule has 1 fully saturated rings. The molecule has 0 saturated carbocycles. The van der Waals surface area contributed by atoms with Crippen molar-refractivity contribution in [3.05, 3.63) is 96.4 Å². The maximum atomic E-state index is 12.9. The number of carbonyl (C=O) groups excluding carboxylic acids is 2. The van der Waals surface area contributed by atoms with E-state index < -0.39 is 31.1 Å². The van der Waals surface area contributed by atoms with Gasteiger partial charge in [-0.3, -0.25) is 24.6 Å². The maximum absolute atomic E-state index is 12.9. The molecule has 0 aliphatic carbocycles. The summed E-state index contributed by atoms with van der Waals surface area (Å²) in [6.07, 6.45) is 1.46. The average molecular weight is 609 g/mol. The Morgan fingerprint density at radius 3 is 2.44 bits per heavy atom. The second kappa shape index (κ2) is 11.3. The number of amides is 2. The third-order valence-corrected chi connectivity index (χ3v) is 8.43. The molecule has 0 radical (unpaired) electrons. The lowest BCUT2D eigenvalue weighted by molar-refractivity contribution is -0.385. The number of hydrogen-bond acceptors (Lipinski definition) is 9. The molecule has 14 heteroatoms. The van der Waals surface area contributed by atoms with Gasteiger partial charge in [0.15, 0.2) is 11.5 Å². The van der Waals surface area contributed by atoms with Gasteiger partial charge in [-0.2, -0.15) is 8.42 Å². The second-order valence-electron chi connectivity index (χ2n) is 8.17. The number of nitrogens with zero attached hydrogens (tertiary/aromatic N) is 2. The van der Waals surface area contributed by atoms with Gasteiger partial charge in [0.2, 0.25) is 0 Å². The number of carbonyl (C=O) groups is 2. The first kappa shape index (κ1) is 28.4. The number of imide groups is 1. The van der Waals surface area contributed by atoms with Gasteiger partial charge in [0, 0.05) is 11.6 Å². The highest BCUT2D eigenvalue weighted by molar-refractivity contribution is 8.18. The SMILES string of the molecule is COc1cc(/C=C2\SC(=O)N(Cc3ccc(Cl)c(Cl)c3)C2=O)ccc1OS(=O)(=O)c1ccc(C)c([N+](=O)[O-])c1. The number of aryl methyl sites for hydroxylation is 1. The van der Waals surface area contributed by atoms with Crippen molar-refractivity contribution in [1.82, 2.24) is 4.90 Å². The van der Waals surface area contributed by atoms with E-state index in [1.165, 1.54) is 50.4 Å². The van der Waals surface area contributed by atoms with Gasteiger partial charge in [-0.25, -0.2) is 0 Å². The predicted octanol–water partition coefficient (Wildman–Crippen LogP) is 6.22. The molecule has 1 aliphatic rings. The Morgan fingerprint density at radius 2 is 1.77 bits per heavy atom. The van der Waals surface area contributed by atoms with Crippen molar-refractivity contribution in [3.63, 3.8) is 0 Å². The lowest BCUT2D eigenvalue weighted by atomic mass is 10.1. The summed E-state index contributed by atoms with van der Waals surface area (Å²) in [7, 11) is -3.15. The minimum Gasteiger partial charge on any atom is -0.493 e. The van der Waals surface area contributed by atoms with Gasteiger partial charge in [0.1, 0.15) is 4.90 Å². The van der Waals surface area contributed by atoms with Crippen molar-refractivity contribution >= 4 is 68.0 Å². The Morgan fingerprint density at radius 1 is 1.03 bits per heavy atom. The zero-order valence-electron chi connectivity index (χ0n) is 20.2. The van der Waals surface area contributed by atoms with E-state index in [9.17, 15) is 28.1 Å². The van der Waals surface area contributed by atoms with Crippen LogP contribution in [-0.2, 0) is 21.5 Å². The van der Waals surface area contributed by atoms with E-state index in [1.807, 2.05) is 0 Å².